The summed E-state index contributed by atoms with van der Waals surface area (Å²) >= 11 is 3.41. The molecule has 1 N–H and O–H groups in total. The van der Waals surface area contributed by atoms with Crippen molar-refractivity contribution in [3.63, 3.8) is 0 Å². The summed E-state index contributed by atoms with van der Waals surface area (Å²) < 4.78 is 5.90. The molecular formula is C19H25BrN6O2. The number of rotatable bonds is 6. The first-order valence-corrected chi connectivity index (χ1v) is 10.1. The lowest BCUT2D eigenvalue weighted by Crippen LogP contribution is -2.33. The quantitative estimate of drug-likeness (QED) is 0.726. The predicted molar refractivity (Wildman–Crippen MR) is 112 cm³/mol. The highest BCUT2D eigenvalue weighted by Crippen LogP contribution is 2.22. The Labute approximate surface area is 173 Å². The summed E-state index contributed by atoms with van der Waals surface area (Å²) in [6.45, 7) is 2.10. The molecule has 1 aliphatic rings. The highest BCUT2D eigenvalue weighted by atomic mass is 79.9. The Morgan fingerprint density at radius 1 is 1.21 bits per heavy atom. The molecule has 0 unspecified atom stereocenters. The Kier molecular flexibility index (Phi) is 6.66. The summed E-state index contributed by atoms with van der Waals surface area (Å²) in [5.41, 5.74) is 0.498. The fourth-order valence-corrected chi connectivity index (χ4v) is 3.40. The van der Waals surface area contributed by atoms with Gasteiger partial charge in [-0.05, 0) is 53.4 Å². The molecule has 1 aromatic carbocycles. The first-order valence-electron chi connectivity index (χ1n) is 9.27. The molecular weight excluding hydrogens is 424 g/mol. The molecule has 2 aromatic rings. The van der Waals surface area contributed by atoms with Crippen molar-refractivity contribution in [2.24, 2.45) is 0 Å². The molecule has 0 atom stereocenters. The van der Waals surface area contributed by atoms with Gasteiger partial charge in [-0.2, -0.15) is 15.0 Å². The minimum absolute atomic E-state index is 0.215. The van der Waals surface area contributed by atoms with Crippen LogP contribution in [0.1, 0.15) is 35.4 Å². The van der Waals surface area contributed by atoms with Crippen molar-refractivity contribution in [3.05, 3.63) is 34.1 Å². The first kappa shape index (κ1) is 20.3. The smallest absolute Gasteiger partial charge is 0.252 e. The zero-order valence-electron chi connectivity index (χ0n) is 16.4. The maximum Gasteiger partial charge on any atom is 0.252 e. The summed E-state index contributed by atoms with van der Waals surface area (Å²) in [6, 6.07) is 5.27. The molecule has 28 heavy (non-hydrogen) atoms. The highest BCUT2D eigenvalue weighted by Gasteiger charge is 2.18. The predicted octanol–water partition coefficient (Wildman–Crippen LogP) is 2.63. The number of carbonyl (C=O) groups excluding carboxylic acids is 1. The zero-order valence-corrected chi connectivity index (χ0v) is 18.0. The number of hydrogen-bond donors (Lipinski definition) is 1. The van der Waals surface area contributed by atoms with E-state index in [1.54, 1.807) is 25.3 Å². The maximum absolute atomic E-state index is 12.6. The molecule has 1 aliphatic heterocycles. The topological polar surface area (TPSA) is 83.5 Å². The number of carbonyl (C=O) groups is 1. The van der Waals surface area contributed by atoms with Gasteiger partial charge in [0.15, 0.2) is 5.82 Å². The number of piperidine rings is 1. The molecule has 2 heterocycles. The first-order chi connectivity index (χ1) is 13.5. The lowest BCUT2D eigenvalue weighted by atomic mass is 10.1. The molecule has 1 fully saturated rings. The van der Waals surface area contributed by atoms with Crippen LogP contribution in [0.4, 0.5) is 11.9 Å². The molecule has 0 aliphatic carbocycles. The molecule has 0 bridgehead atoms. The van der Waals surface area contributed by atoms with Gasteiger partial charge in [0, 0.05) is 31.7 Å². The second kappa shape index (κ2) is 9.18. The van der Waals surface area contributed by atoms with E-state index in [1.807, 2.05) is 19.0 Å². The normalized spacial score (nSPS) is 13.9. The third kappa shape index (κ3) is 4.89. The summed E-state index contributed by atoms with van der Waals surface area (Å²) in [7, 11) is 5.36. The second-order valence-electron chi connectivity index (χ2n) is 6.82. The third-order valence-electron chi connectivity index (χ3n) is 4.52. The van der Waals surface area contributed by atoms with E-state index in [2.05, 4.69) is 41.1 Å². The fourth-order valence-electron chi connectivity index (χ4n) is 2.97. The number of ether oxygens (including phenoxy) is 1. The van der Waals surface area contributed by atoms with Crippen LogP contribution in [0.2, 0.25) is 0 Å². The van der Waals surface area contributed by atoms with Gasteiger partial charge in [0.1, 0.15) is 5.75 Å². The molecule has 0 spiro atoms. The number of anilines is 2. The molecule has 0 saturated carbocycles. The van der Waals surface area contributed by atoms with Crippen LogP contribution < -0.4 is 19.9 Å². The molecule has 0 radical (unpaired) electrons. The van der Waals surface area contributed by atoms with Crippen LogP contribution in [0.3, 0.4) is 0 Å². The largest absolute Gasteiger partial charge is 0.497 e. The van der Waals surface area contributed by atoms with Crippen molar-refractivity contribution in [1.82, 2.24) is 20.3 Å². The maximum atomic E-state index is 12.6. The minimum Gasteiger partial charge on any atom is -0.497 e. The van der Waals surface area contributed by atoms with E-state index < -0.39 is 0 Å². The Bertz CT molecular complexity index is 839. The van der Waals surface area contributed by atoms with E-state index in [4.69, 9.17) is 4.74 Å². The molecule has 150 valence electrons. The number of halogens is 1. The van der Waals surface area contributed by atoms with Crippen LogP contribution in [0.5, 0.6) is 5.75 Å². The van der Waals surface area contributed by atoms with Crippen molar-refractivity contribution >= 4 is 33.7 Å². The van der Waals surface area contributed by atoms with Gasteiger partial charge < -0.3 is 19.9 Å². The summed E-state index contributed by atoms with van der Waals surface area (Å²) in [4.78, 5) is 30.3. The van der Waals surface area contributed by atoms with Crippen LogP contribution in [-0.4, -0.2) is 55.2 Å². The molecule has 1 saturated heterocycles. The molecule has 3 rings (SSSR count). The monoisotopic (exact) mass is 448 g/mol. The highest BCUT2D eigenvalue weighted by molar-refractivity contribution is 9.10. The number of nitrogens with zero attached hydrogens (tertiary/aromatic N) is 5. The van der Waals surface area contributed by atoms with Gasteiger partial charge in [-0.3, -0.25) is 4.79 Å². The molecule has 1 amide bonds. The molecule has 8 nitrogen and oxygen atoms in total. The van der Waals surface area contributed by atoms with Gasteiger partial charge in [0.05, 0.1) is 19.2 Å². The number of aromatic nitrogens is 3. The van der Waals surface area contributed by atoms with Crippen molar-refractivity contribution in [2.45, 2.75) is 25.8 Å². The average Bonchev–Trinajstić information content (AvgIpc) is 2.72. The Morgan fingerprint density at radius 3 is 2.64 bits per heavy atom. The van der Waals surface area contributed by atoms with Gasteiger partial charge in [-0.15, -0.1) is 0 Å². The van der Waals surface area contributed by atoms with Crippen LogP contribution >= 0.6 is 15.9 Å². The zero-order chi connectivity index (χ0) is 20.1. The van der Waals surface area contributed by atoms with Crippen molar-refractivity contribution < 1.29 is 9.53 Å². The van der Waals surface area contributed by atoms with Crippen LogP contribution in [0.25, 0.3) is 0 Å². The number of nitrogens with one attached hydrogen (secondary N) is 1. The van der Waals surface area contributed by atoms with E-state index in [0.717, 1.165) is 25.9 Å². The second-order valence-corrected chi connectivity index (χ2v) is 7.68. The van der Waals surface area contributed by atoms with Crippen molar-refractivity contribution in [3.8, 4) is 5.75 Å². The fraction of sp³-hybridized carbons (Fsp3) is 0.474. The lowest BCUT2D eigenvalue weighted by Gasteiger charge is -2.27. The van der Waals surface area contributed by atoms with Gasteiger partial charge in [0.25, 0.3) is 5.91 Å². The summed E-state index contributed by atoms with van der Waals surface area (Å²) in [6.07, 6.45) is 3.51. The average molecular weight is 449 g/mol. The van der Waals surface area contributed by atoms with Gasteiger partial charge in [-0.1, -0.05) is 0 Å². The van der Waals surface area contributed by atoms with Crippen molar-refractivity contribution in [1.29, 1.82) is 0 Å². The van der Waals surface area contributed by atoms with Gasteiger partial charge >= 0.3 is 0 Å². The van der Waals surface area contributed by atoms with E-state index in [1.165, 1.54) is 6.42 Å². The summed E-state index contributed by atoms with van der Waals surface area (Å²) in [5, 5.41) is 2.89. The SMILES string of the molecule is COc1ccc(Br)c(C(=O)NCc2nc(N(C)C)nc(N3CCCCC3)n2)c1. The molecule has 9 heteroatoms. The van der Waals surface area contributed by atoms with Crippen molar-refractivity contribution in [2.75, 3.05) is 44.1 Å². The number of amides is 1. The Hall–Kier alpha value is -2.42. The Morgan fingerprint density at radius 2 is 1.96 bits per heavy atom. The van der Waals surface area contributed by atoms with Gasteiger partial charge in [-0.25, -0.2) is 0 Å². The standard InChI is InChI=1S/C19H25BrN6O2/c1-25(2)18-22-16(23-19(24-18)26-9-5-4-6-10-26)12-21-17(27)14-11-13(28-3)7-8-15(14)20/h7-8,11H,4-6,9-10,12H2,1-3H3,(H,21,27). The van der Waals surface area contributed by atoms with E-state index in [0.29, 0.717) is 33.5 Å². The summed E-state index contributed by atoms with van der Waals surface area (Å²) in [5.74, 6) is 2.19. The Balaban J connectivity index is 1.77. The van der Waals surface area contributed by atoms with Crippen LogP contribution in [0.15, 0.2) is 22.7 Å². The van der Waals surface area contributed by atoms with E-state index in [9.17, 15) is 4.79 Å². The number of hydrogen-bond acceptors (Lipinski definition) is 7. The lowest BCUT2D eigenvalue weighted by molar-refractivity contribution is 0.0948. The molecule has 1 aromatic heterocycles. The third-order valence-corrected chi connectivity index (χ3v) is 5.21. The minimum atomic E-state index is -0.225. The van der Waals surface area contributed by atoms with Crippen LogP contribution in [-0.2, 0) is 6.54 Å². The van der Waals surface area contributed by atoms with E-state index in [-0.39, 0.29) is 12.5 Å². The van der Waals surface area contributed by atoms with E-state index >= 15 is 0 Å². The number of benzene rings is 1. The number of methoxy groups -OCH3 is 1. The van der Waals surface area contributed by atoms with Crippen LogP contribution in [0, 0.1) is 0 Å². The van der Waals surface area contributed by atoms with Gasteiger partial charge in [0.2, 0.25) is 11.9 Å².